The zero-order valence-corrected chi connectivity index (χ0v) is 19.3. The predicted molar refractivity (Wildman–Crippen MR) is 123 cm³/mol. The number of nitrogens with zero attached hydrogens (tertiary/aromatic N) is 4. The van der Waals surface area contributed by atoms with E-state index in [2.05, 4.69) is 26.5 Å². The first-order valence-corrected chi connectivity index (χ1v) is 11.1. The fourth-order valence-corrected chi connectivity index (χ4v) is 4.95. The van der Waals surface area contributed by atoms with Crippen LogP contribution in [0.3, 0.4) is 0 Å². The summed E-state index contributed by atoms with van der Waals surface area (Å²) in [5.74, 6) is 5.19. The van der Waals surface area contributed by atoms with Gasteiger partial charge in [-0.15, -0.1) is 0 Å². The second-order valence-electron chi connectivity index (χ2n) is 9.29. The molecule has 1 atom stereocenters. The smallest absolute Gasteiger partial charge is 0.269 e. The van der Waals surface area contributed by atoms with E-state index in [-0.39, 0.29) is 29.8 Å². The number of primary amides is 1. The summed E-state index contributed by atoms with van der Waals surface area (Å²) in [5, 5.41) is 14.5. The highest BCUT2D eigenvalue weighted by Gasteiger charge is 2.41. The first-order chi connectivity index (χ1) is 16.2. The molecule has 2 aliphatic heterocycles. The molecule has 0 radical (unpaired) electrons. The third-order valence-corrected chi connectivity index (χ3v) is 6.70. The number of aliphatic hydroxyl groups is 1. The second kappa shape index (κ2) is 8.08. The van der Waals surface area contributed by atoms with Gasteiger partial charge in [0, 0.05) is 44.1 Å². The molecule has 3 aliphatic rings. The molecule has 0 saturated heterocycles. The van der Waals surface area contributed by atoms with E-state index >= 15 is 4.39 Å². The fraction of sp³-hybridized carbons (Fsp3) is 0.400. The van der Waals surface area contributed by atoms with Gasteiger partial charge in [-0.25, -0.2) is 9.37 Å². The number of benzene rings is 1. The molecule has 1 saturated carbocycles. The average Bonchev–Trinajstić information content (AvgIpc) is 3.24. The van der Waals surface area contributed by atoms with Gasteiger partial charge < -0.3 is 20.1 Å². The summed E-state index contributed by atoms with van der Waals surface area (Å²) in [6.07, 6.45) is 3.83. The Bertz CT molecular complexity index is 1350. The quantitative estimate of drug-likeness (QED) is 0.565. The highest BCUT2D eigenvalue weighted by atomic mass is 19.1. The molecule has 6 rings (SSSR count). The third kappa shape index (κ3) is 3.69. The Labute approximate surface area is 196 Å². The predicted octanol–water partition coefficient (Wildman–Crippen LogP) is 2.29. The summed E-state index contributed by atoms with van der Waals surface area (Å²) >= 11 is 0. The molecule has 2 bridgehead atoms. The van der Waals surface area contributed by atoms with E-state index in [0.29, 0.717) is 12.2 Å². The standard InChI is InChI=1S/C25H26FN5O3/c1-25(33,13-34-3)6-4-14-10-19-18(12-20(14)26)15-8-17(9-15)31-21(11-16-5-7-28-30(16)2)22(23(27)32)29-24(19)31/h5,7,10,12,15,17,33H,8-9,11,13H2,1-3H3,(H2,27,32)/t15?,17?,25-/m0/s1. The monoisotopic (exact) mass is 463 g/mol. The molecule has 2 aromatic heterocycles. The van der Waals surface area contributed by atoms with Crippen molar-refractivity contribution < 1.29 is 19.0 Å². The minimum Gasteiger partial charge on any atom is -0.381 e. The summed E-state index contributed by atoms with van der Waals surface area (Å²) in [7, 11) is 3.31. The van der Waals surface area contributed by atoms with Crippen LogP contribution in [-0.4, -0.2) is 49.7 Å². The van der Waals surface area contributed by atoms with E-state index in [0.717, 1.165) is 35.4 Å². The van der Waals surface area contributed by atoms with Gasteiger partial charge in [0.1, 0.15) is 22.9 Å². The zero-order chi connectivity index (χ0) is 24.2. The largest absolute Gasteiger partial charge is 0.381 e. The number of hydrogen-bond donors (Lipinski definition) is 2. The van der Waals surface area contributed by atoms with Crippen molar-refractivity contribution in [2.45, 2.75) is 43.7 Å². The number of carbonyl (C=O) groups is 1. The number of nitrogens with two attached hydrogens (primary N) is 1. The lowest BCUT2D eigenvalue weighted by Crippen LogP contribution is -2.27. The summed E-state index contributed by atoms with van der Waals surface area (Å²) < 4.78 is 23.8. The molecule has 4 heterocycles. The number of aryl methyl sites for hydroxylation is 1. The number of imidazole rings is 1. The molecular weight excluding hydrogens is 437 g/mol. The van der Waals surface area contributed by atoms with Crippen LogP contribution in [0.5, 0.6) is 0 Å². The molecule has 1 amide bonds. The SMILES string of the molecule is COC[C@@](C)(O)C#Cc1cc2c(cc1F)C1CC(C1)n1c-2nc(C(N)=O)c1Cc1ccnn1C. The molecule has 9 heteroatoms. The number of amides is 1. The number of rotatable bonds is 5. The van der Waals surface area contributed by atoms with Gasteiger partial charge in [-0.05, 0) is 49.4 Å². The number of carbonyl (C=O) groups excluding carboxylic acids is 1. The van der Waals surface area contributed by atoms with Crippen LogP contribution in [0.4, 0.5) is 4.39 Å². The Morgan fingerprint density at radius 3 is 2.82 bits per heavy atom. The van der Waals surface area contributed by atoms with Crippen LogP contribution in [0.2, 0.25) is 0 Å². The lowest BCUT2D eigenvalue weighted by Gasteiger charge is -2.35. The normalized spacial score (nSPS) is 19.7. The Balaban J connectivity index is 1.67. The highest BCUT2D eigenvalue weighted by molar-refractivity contribution is 5.93. The third-order valence-electron chi connectivity index (χ3n) is 6.70. The van der Waals surface area contributed by atoms with Gasteiger partial charge in [-0.3, -0.25) is 9.48 Å². The van der Waals surface area contributed by atoms with Crippen molar-refractivity contribution in [1.82, 2.24) is 19.3 Å². The Hall–Kier alpha value is -3.48. The topological polar surface area (TPSA) is 108 Å². The summed E-state index contributed by atoms with van der Waals surface area (Å²) in [5.41, 5.74) is 7.94. The van der Waals surface area contributed by atoms with Gasteiger partial charge in [-0.1, -0.05) is 11.8 Å². The van der Waals surface area contributed by atoms with E-state index in [1.54, 1.807) is 16.9 Å². The van der Waals surface area contributed by atoms with Crippen LogP contribution in [0.25, 0.3) is 11.4 Å². The van der Waals surface area contributed by atoms with Crippen molar-refractivity contribution in [1.29, 1.82) is 0 Å². The molecule has 8 nitrogen and oxygen atoms in total. The Kier molecular flexibility index (Phi) is 5.30. The van der Waals surface area contributed by atoms with Gasteiger partial charge in [-0.2, -0.15) is 5.10 Å². The minimum absolute atomic E-state index is 0.0000627. The van der Waals surface area contributed by atoms with Crippen LogP contribution in [0, 0.1) is 17.7 Å². The lowest BCUT2D eigenvalue weighted by molar-refractivity contribution is 0.0274. The van der Waals surface area contributed by atoms with Crippen molar-refractivity contribution in [2.24, 2.45) is 12.8 Å². The number of methoxy groups -OCH3 is 1. The van der Waals surface area contributed by atoms with Gasteiger partial charge >= 0.3 is 0 Å². The zero-order valence-electron chi connectivity index (χ0n) is 19.3. The molecular formula is C25H26FN5O3. The molecule has 3 N–H and O–H groups in total. The van der Waals surface area contributed by atoms with Crippen LogP contribution in [0.1, 0.15) is 64.7 Å². The van der Waals surface area contributed by atoms with Crippen LogP contribution in [0.15, 0.2) is 24.4 Å². The number of aromatic nitrogens is 4. The molecule has 3 aromatic rings. The molecule has 0 unspecified atom stereocenters. The molecule has 0 spiro atoms. The van der Waals surface area contributed by atoms with Gasteiger partial charge in [0.15, 0.2) is 0 Å². The van der Waals surface area contributed by atoms with Gasteiger partial charge in [0.05, 0.1) is 17.9 Å². The maximum atomic E-state index is 15.0. The van der Waals surface area contributed by atoms with Crippen LogP contribution >= 0.6 is 0 Å². The Morgan fingerprint density at radius 1 is 1.41 bits per heavy atom. The van der Waals surface area contributed by atoms with E-state index in [1.165, 1.54) is 20.1 Å². The van der Waals surface area contributed by atoms with Crippen molar-refractivity contribution >= 4 is 5.91 Å². The van der Waals surface area contributed by atoms with Crippen LogP contribution in [-0.2, 0) is 18.2 Å². The van der Waals surface area contributed by atoms with E-state index in [9.17, 15) is 9.90 Å². The number of hydrogen-bond acceptors (Lipinski definition) is 5. The van der Waals surface area contributed by atoms with E-state index in [1.807, 2.05) is 13.1 Å². The minimum atomic E-state index is -1.41. The van der Waals surface area contributed by atoms with Crippen molar-refractivity contribution in [3.05, 3.63) is 58.4 Å². The van der Waals surface area contributed by atoms with E-state index < -0.39 is 17.3 Å². The number of halogens is 1. The summed E-state index contributed by atoms with van der Waals surface area (Å²) in [6, 6.07) is 5.23. The first-order valence-electron chi connectivity index (χ1n) is 11.1. The van der Waals surface area contributed by atoms with Crippen LogP contribution < -0.4 is 5.73 Å². The number of ether oxygens (including phenoxy) is 1. The van der Waals surface area contributed by atoms with E-state index in [4.69, 9.17) is 10.5 Å². The molecule has 176 valence electrons. The maximum absolute atomic E-state index is 15.0. The van der Waals surface area contributed by atoms with Gasteiger partial charge in [0.25, 0.3) is 5.91 Å². The van der Waals surface area contributed by atoms with Crippen molar-refractivity contribution in [3.63, 3.8) is 0 Å². The van der Waals surface area contributed by atoms with Gasteiger partial charge in [0.2, 0.25) is 0 Å². The fourth-order valence-electron chi connectivity index (χ4n) is 4.95. The highest BCUT2D eigenvalue weighted by Crippen LogP contribution is 2.53. The first kappa shape index (κ1) is 22.3. The maximum Gasteiger partial charge on any atom is 0.269 e. The van der Waals surface area contributed by atoms with Crippen molar-refractivity contribution in [2.75, 3.05) is 13.7 Å². The average molecular weight is 464 g/mol. The molecule has 34 heavy (non-hydrogen) atoms. The molecule has 1 fully saturated rings. The summed E-state index contributed by atoms with van der Waals surface area (Å²) in [6.45, 7) is 1.51. The van der Waals surface area contributed by atoms with Crippen molar-refractivity contribution in [3.8, 4) is 23.2 Å². The molecule has 1 aliphatic carbocycles. The molecule has 1 aromatic carbocycles. The summed E-state index contributed by atoms with van der Waals surface area (Å²) in [4.78, 5) is 17.0. The Morgan fingerprint density at radius 2 is 2.18 bits per heavy atom. The lowest BCUT2D eigenvalue weighted by atomic mass is 9.75. The second-order valence-corrected chi connectivity index (χ2v) is 9.29.